The summed E-state index contributed by atoms with van der Waals surface area (Å²) in [6.45, 7) is 22.1. The molecule has 5 rings (SSSR count). The Morgan fingerprint density at radius 1 is 0.837 bits per heavy atom. The third-order valence-corrected chi connectivity index (χ3v) is 14.0. The van der Waals surface area contributed by atoms with E-state index in [0.717, 1.165) is 57.8 Å². The van der Waals surface area contributed by atoms with Crippen LogP contribution < -0.4 is 0 Å². The summed E-state index contributed by atoms with van der Waals surface area (Å²) in [5.74, 6) is 0.320. The molecule has 43 heavy (non-hydrogen) atoms. The van der Waals surface area contributed by atoms with E-state index in [4.69, 9.17) is 14.2 Å². The predicted octanol–water partition coefficient (Wildman–Crippen LogP) is 8.21. The summed E-state index contributed by atoms with van der Waals surface area (Å²) < 4.78 is 17.9. The lowest BCUT2D eigenvalue weighted by Gasteiger charge is -2.71. The predicted molar refractivity (Wildman–Crippen MR) is 167 cm³/mol. The summed E-state index contributed by atoms with van der Waals surface area (Å²) in [6.07, 6.45) is 11.2. The van der Waals surface area contributed by atoms with Crippen molar-refractivity contribution < 1.29 is 28.6 Å². The molecule has 0 aliphatic heterocycles. The first-order chi connectivity index (χ1) is 19.9. The summed E-state index contributed by atoms with van der Waals surface area (Å²) in [4.78, 5) is 38.5. The zero-order chi connectivity index (χ0) is 31.8. The van der Waals surface area contributed by atoms with Crippen molar-refractivity contribution in [3.05, 3.63) is 11.6 Å². The Balaban J connectivity index is 1.57. The lowest BCUT2D eigenvalue weighted by atomic mass is 9.33. The maximum atomic E-state index is 13.9. The zero-order valence-corrected chi connectivity index (χ0v) is 28.7. The van der Waals surface area contributed by atoms with Crippen molar-refractivity contribution in [2.45, 2.75) is 146 Å². The van der Waals surface area contributed by atoms with Crippen molar-refractivity contribution in [3.63, 3.8) is 0 Å². The molecule has 5 aliphatic rings. The summed E-state index contributed by atoms with van der Waals surface area (Å²) in [5.41, 5.74) is 0.868. The third-order valence-electron chi connectivity index (χ3n) is 14.0. The normalized spacial score (nSPS) is 44.3. The highest BCUT2D eigenvalue weighted by atomic mass is 16.6. The van der Waals surface area contributed by atoms with Crippen molar-refractivity contribution in [2.24, 2.45) is 50.2 Å². The van der Waals surface area contributed by atoms with Gasteiger partial charge in [-0.3, -0.25) is 14.4 Å². The number of ether oxygens (including phenoxy) is 3. The Kier molecular flexibility index (Phi) is 8.03. The van der Waals surface area contributed by atoms with Crippen LogP contribution in [0.5, 0.6) is 0 Å². The molecule has 9 atom stereocenters. The fourth-order valence-corrected chi connectivity index (χ4v) is 11.8. The topological polar surface area (TPSA) is 78.9 Å². The Bertz CT molecular complexity index is 1180. The SMILES string of the molecule is CCCOC(=O)[C@]12CCC(C)(C)C[C@@H]1C1=CC[C@@H]3[C@@]4(C)C[C@H](OC(C)=O)[C@H](OC(C)=O)C(C)(C)[C@@H]4CC[C@@]3(C)[C@@]1(C)CC2. The Morgan fingerprint density at radius 2 is 1.49 bits per heavy atom. The van der Waals surface area contributed by atoms with E-state index in [2.05, 4.69) is 61.5 Å². The first-order valence-corrected chi connectivity index (χ1v) is 17.1. The maximum absolute atomic E-state index is 13.9. The molecule has 242 valence electrons. The van der Waals surface area contributed by atoms with Gasteiger partial charge in [-0.2, -0.15) is 0 Å². The molecule has 4 saturated carbocycles. The lowest BCUT2D eigenvalue weighted by Crippen LogP contribution is -2.67. The minimum Gasteiger partial charge on any atom is -0.465 e. The van der Waals surface area contributed by atoms with Crippen LogP contribution >= 0.6 is 0 Å². The van der Waals surface area contributed by atoms with Crippen molar-refractivity contribution in [1.82, 2.24) is 0 Å². The molecule has 0 aromatic heterocycles. The fourth-order valence-electron chi connectivity index (χ4n) is 11.8. The maximum Gasteiger partial charge on any atom is 0.312 e. The van der Waals surface area contributed by atoms with Crippen molar-refractivity contribution in [2.75, 3.05) is 6.61 Å². The van der Waals surface area contributed by atoms with Gasteiger partial charge < -0.3 is 14.2 Å². The van der Waals surface area contributed by atoms with Crippen molar-refractivity contribution in [3.8, 4) is 0 Å². The van der Waals surface area contributed by atoms with Crippen LogP contribution in [0.4, 0.5) is 0 Å². The van der Waals surface area contributed by atoms with E-state index < -0.39 is 17.6 Å². The molecule has 0 heterocycles. The van der Waals surface area contributed by atoms with E-state index in [-0.39, 0.29) is 50.9 Å². The number of hydrogen-bond donors (Lipinski definition) is 0. The second-order valence-corrected chi connectivity index (χ2v) is 17.2. The van der Waals surface area contributed by atoms with E-state index in [1.54, 1.807) is 0 Å². The molecule has 4 fully saturated rings. The molecule has 0 aromatic rings. The van der Waals surface area contributed by atoms with Gasteiger partial charge in [0.1, 0.15) is 12.2 Å². The zero-order valence-electron chi connectivity index (χ0n) is 28.7. The van der Waals surface area contributed by atoms with E-state index in [0.29, 0.717) is 24.9 Å². The van der Waals surface area contributed by atoms with E-state index in [1.807, 2.05) is 0 Å². The molecule has 0 radical (unpaired) electrons. The molecule has 0 aromatic carbocycles. The summed E-state index contributed by atoms with van der Waals surface area (Å²) in [6, 6.07) is 0. The molecule has 0 spiro atoms. The van der Waals surface area contributed by atoms with Gasteiger partial charge in [-0.15, -0.1) is 0 Å². The molecule has 6 nitrogen and oxygen atoms in total. The second kappa shape index (κ2) is 10.6. The van der Waals surface area contributed by atoms with Gasteiger partial charge in [0.15, 0.2) is 0 Å². The Hall–Kier alpha value is -1.85. The van der Waals surface area contributed by atoms with E-state index in [9.17, 15) is 14.4 Å². The second-order valence-electron chi connectivity index (χ2n) is 17.2. The number of carbonyl (C=O) groups excluding carboxylic acids is 3. The molecule has 0 amide bonds. The number of carbonyl (C=O) groups is 3. The number of hydrogen-bond acceptors (Lipinski definition) is 6. The van der Waals surface area contributed by atoms with Crippen LogP contribution in [0.1, 0.15) is 133 Å². The van der Waals surface area contributed by atoms with Crippen LogP contribution in [0.25, 0.3) is 0 Å². The average molecular weight is 599 g/mol. The van der Waals surface area contributed by atoms with Crippen molar-refractivity contribution >= 4 is 17.9 Å². The van der Waals surface area contributed by atoms with E-state index in [1.165, 1.54) is 19.4 Å². The van der Waals surface area contributed by atoms with Crippen molar-refractivity contribution in [1.29, 1.82) is 0 Å². The van der Waals surface area contributed by atoms with Crippen LogP contribution in [0.15, 0.2) is 11.6 Å². The van der Waals surface area contributed by atoms with Gasteiger partial charge in [0.25, 0.3) is 0 Å². The highest BCUT2D eigenvalue weighted by Gasteiger charge is 2.71. The molecule has 0 N–H and O–H groups in total. The highest BCUT2D eigenvalue weighted by Crippen LogP contribution is 2.76. The van der Waals surface area contributed by atoms with Gasteiger partial charge in [0.2, 0.25) is 0 Å². The molecule has 0 saturated heterocycles. The number of fused-ring (bicyclic) bond motifs is 7. The molecule has 0 bridgehead atoms. The van der Waals surface area contributed by atoms with Gasteiger partial charge in [-0.05, 0) is 104 Å². The van der Waals surface area contributed by atoms with Crippen LogP contribution in [0.2, 0.25) is 0 Å². The monoisotopic (exact) mass is 598 g/mol. The largest absolute Gasteiger partial charge is 0.465 e. The molecule has 6 heteroatoms. The molecule has 0 unspecified atom stereocenters. The molecule has 5 aliphatic carbocycles. The van der Waals surface area contributed by atoms with E-state index >= 15 is 0 Å². The Labute approximate surface area is 260 Å². The first kappa shape index (κ1) is 32.5. The molecular weight excluding hydrogens is 540 g/mol. The summed E-state index contributed by atoms with van der Waals surface area (Å²) >= 11 is 0. The van der Waals surface area contributed by atoms with Crippen LogP contribution in [0, 0.1) is 50.2 Å². The third kappa shape index (κ3) is 4.82. The first-order valence-electron chi connectivity index (χ1n) is 17.1. The molecular formula is C37H58O6. The van der Waals surface area contributed by atoms with Gasteiger partial charge >= 0.3 is 17.9 Å². The van der Waals surface area contributed by atoms with Crippen LogP contribution in [-0.4, -0.2) is 36.7 Å². The van der Waals surface area contributed by atoms with Crippen LogP contribution in [0.3, 0.4) is 0 Å². The number of allylic oxidation sites excluding steroid dienone is 2. The van der Waals surface area contributed by atoms with Crippen LogP contribution in [-0.2, 0) is 28.6 Å². The fraction of sp³-hybridized carbons (Fsp3) is 0.865. The summed E-state index contributed by atoms with van der Waals surface area (Å²) in [5, 5.41) is 0. The highest BCUT2D eigenvalue weighted by molar-refractivity contribution is 5.79. The minimum atomic E-state index is -0.468. The number of esters is 3. The Morgan fingerprint density at radius 3 is 2.12 bits per heavy atom. The smallest absolute Gasteiger partial charge is 0.312 e. The van der Waals surface area contributed by atoms with Gasteiger partial charge in [-0.1, -0.05) is 67.0 Å². The lowest BCUT2D eigenvalue weighted by molar-refractivity contribution is -0.244. The average Bonchev–Trinajstić information content (AvgIpc) is 2.89. The van der Waals surface area contributed by atoms with Gasteiger partial charge in [-0.25, -0.2) is 0 Å². The number of rotatable bonds is 5. The van der Waals surface area contributed by atoms with Gasteiger partial charge in [0.05, 0.1) is 12.0 Å². The minimum absolute atomic E-state index is 0.0235. The summed E-state index contributed by atoms with van der Waals surface area (Å²) in [7, 11) is 0. The quantitative estimate of drug-likeness (QED) is 0.180. The standard InChI is InChI=1S/C37H58O6/c1-11-20-41-31(40)37-18-16-32(4,5)21-26(37)25-12-13-29-34(8)22-27(42-23(2)38)30(43-24(3)39)33(6,7)28(34)14-15-36(29,10)35(25,9)17-19-37/h12,26-30H,11,13-22H2,1-10H3/t26-,27+,28+,29-,30+,34+,35+,36-,37+/m1/s1. The van der Waals surface area contributed by atoms with Gasteiger partial charge in [0, 0.05) is 19.3 Å².